The zero-order chi connectivity index (χ0) is 24.4. The Balaban J connectivity index is 1.83. The fourth-order valence-electron chi connectivity index (χ4n) is 4.27. The fraction of sp³-hybridized carbons (Fsp3) is 0.185. The molecule has 0 radical (unpaired) electrons. The topological polar surface area (TPSA) is 101 Å². The fourth-order valence-corrected chi connectivity index (χ4v) is 4.27. The predicted molar refractivity (Wildman–Crippen MR) is 128 cm³/mol. The number of non-ortho nitro benzene ring substituents is 1. The van der Waals surface area contributed by atoms with Crippen LogP contribution in [0.2, 0.25) is 0 Å². The van der Waals surface area contributed by atoms with E-state index in [2.05, 4.69) is 0 Å². The second-order valence-electron chi connectivity index (χ2n) is 8.40. The lowest BCUT2D eigenvalue weighted by Crippen LogP contribution is -2.31. The molecule has 0 aliphatic carbocycles. The molecule has 1 N–H and O–H groups in total. The summed E-state index contributed by atoms with van der Waals surface area (Å²) in [5.41, 5.74) is 3.55. The second-order valence-corrected chi connectivity index (χ2v) is 8.40. The van der Waals surface area contributed by atoms with E-state index in [0.717, 1.165) is 16.7 Å². The quantitative estimate of drug-likeness (QED) is 0.187. The molecule has 34 heavy (non-hydrogen) atoms. The number of aryl methyl sites for hydroxylation is 2. The van der Waals surface area contributed by atoms with Crippen LogP contribution in [0.3, 0.4) is 0 Å². The van der Waals surface area contributed by atoms with Gasteiger partial charge < -0.3 is 10.0 Å². The molecule has 3 aromatic carbocycles. The molecule has 1 aliphatic rings. The van der Waals surface area contributed by atoms with Gasteiger partial charge in [-0.2, -0.15) is 0 Å². The Labute approximate surface area is 197 Å². The molecule has 1 aliphatic heterocycles. The van der Waals surface area contributed by atoms with Gasteiger partial charge in [-0.1, -0.05) is 48.0 Å². The summed E-state index contributed by atoms with van der Waals surface area (Å²) in [4.78, 5) is 38.3. The minimum absolute atomic E-state index is 0.0133. The number of carbonyl (C=O) groups is 2. The molecular formula is C27H24N2O5. The largest absolute Gasteiger partial charge is 0.507 e. The molecule has 1 fully saturated rings. The summed E-state index contributed by atoms with van der Waals surface area (Å²) >= 11 is 0. The molecule has 7 nitrogen and oxygen atoms in total. The van der Waals surface area contributed by atoms with E-state index in [1.54, 1.807) is 6.07 Å². The molecule has 4 rings (SSSR count). The number of Topliss-reactive ketones (excluding diaryl/α,β-unsaturated/α-hetero) is 1. The molecule has 0 bridgehead atoms. The molecule has 0 saturated carbocycles. The maximum absolute atomic E-state index is 13.2. The van der Waals surface area contributed by atoms with Gasteiger partial charge >= 0.3 is 0 Å². The molecule has 1 atom stereocenters. The van der Waals surface area contributed by atoms with Crippen molar-refractivity contribution in [1.29, 1.82) is 0 Å². The van der Waals surface area contributed by atoms with E-state index in [0.29, 0.717) is 17.5 Å². The highest BCUT2D eigenvalue weighted by atomic mass is 16.6. The van der Waals surface area contributed by atoms with Gasteiger partial charge in [0.25, 0.3) is 17.4 Å². The Morgan fingerprint density at radius 2 is 1.68 bits per heavy atom. The third-order valence-electron chi connectivity index (χ3n) is 6.09. The van der Waals surface area contributed by atoms with Crippen LogP contribution in [0, 0.1) is 24.0 Å². The molecule has 1 amide bonds. The third-order valence-corrected chi connectivity index (χ3v) is 6.09. The number of nitrogens with zero attached hydrogens (tertiary/aromatic N) is 2. The highest BCUT2D eigenvalue weighted by Gasteiger charge is 2.46. The van der Waals surface area contributed by atoms with Crippen molar-refractivity contribution >= 4 is 23.1 Å². The van der Waals surface area contributed by atoms with Gasteiger partial charge in [-0.05, 0) is 55.2 Å². The van der Waals surface area contributed by atoms with Gasteiger partial charge in [0, 0.05) is 24.2 Å². The van der Waals surface area contributed by atoms with Gasteiger partial charge in [-0.15, -0.1) is 0 Å². The summed E-state index contributed by atoms with van der Waals surface area (Å²) in [6.07, 6.45) is 0.515. The average Bonchev–Trinajstić information content (AvgIpc) is 3.09. The summed E-state index contributed by atoms with van der Waals surface area (Å²) in [6, 6.07) is 20.0. The standard InChI is InChI=1S/C27H24N2O5/c1-17-8-9-18(2)22(16-17)25(30)23-24(20-10-12-21(13-11-20)29(33)34)28(27(32)26(23)31)15-14-19-6-4-3-5-7-19/h3-13,16,24,30H,14-15H2,1-2H3/b25-23+. The molecule has 1 saturated heterocycles. The molecule has 0 aromatic heterocycles. The van der Waals surface area contributed by atoms with Crippen LogP contribution in [-0.2, 0) is 16.0 Å². The molecule has 3 aromatic rings. The van der Waals surface area contributed by atoms with Crippen molar-refractivity contribution in [3.05, 3.63) is 116 Å². The van der Waals surface area contributed by atoms with Crippen molar-refractivity contribution in [1.82, 2.24) is 4.90 Å². The van der Waals surface area contributed by atoms with E-state index >= 15 is 0 Å². The smallest absolute Gasteiger partial charge is 0.295 e. The van der Waals surface area contributed by atoms with Crippen LogP contribution in [0.15, 0.2) is 78.4 Å². The van der Waals surface area contributed by atoms with Crippen LogP contribution in [0.1, 0.15) is 33.9 Å². The van der Waals surface area contributed by atoms with E-state index in [9.17, 15) is 24.8 Å². The van der Waals surface area contributed by atoms with Crippen molar-refractivity contribution in [2.45, 2.75) is 26.3 Å². The number of ketones is 1. The summed E-state index contributed by atoms with van der Waals surface area (Å²) in [5, 5.41) is 22.4. The predicted octanol–water partition coefficient (Wildman–Crippen LogP) is 4.88. The van der Waals surface area contributed by atoms with Crippen LogP contribution < -0.4 is 0 Å². The number of nitro benzene ring substituents is 1. The van der Waals surface area contributed by atoms with E-state index in [4.69, 9.17) is 0 Å². The molecule has 0 spiro atoms. The van der Waals surface area contributed by atoms with Gasteiger partial charge in [-0.3, -0.25) is 19.7 Å². The van der Waals surface area contributed by atoms with E-state index in [-0.39, 0.29) is 23.6 Å². The Hall–Kier alpha value is -4.26. The first-order chi connectivity index (χ1) is 16.3. The van der Waals surface area contributed by atoms with E-state index in [1.165, 1.54) is 29.2 Å². The van der Waals surface area contributed by atoms with Crippen LogP contribution in [-0.4, -0.2) is 33.2 Å². The van der Waals surface area contributed by atoms with Crippen LogP contribution >= 0.6 is 0 Å². The second kappa shape index (κ2) is 9.31. The number of amides is 1. The lowest BCUT2D eigenvalue weighted by atomic mass is 9.93. The Morgan fingerprint density at radius 3 is 2.32 bits per heavy atom. The number of hydrogen-bond donors (Lipinski definition) is 1. The number of hydrogen-bond acceptors (Lipinski definition) is 5. The minimum Gasteiger partial charge on any atom is -0.507 e. The van der Waals surface area contributed by atoms with Gasteiger partial charge in [0.15, 0.2) is 0 Å². The van der Waals surface area contributed by atoms with Crippen molar-refractivity contribution in [2.75, 3.05) is 6.54 Å². The SMILES string of the molecule is Cc1ccc(C)c(/C(O)=C2\C(=O)C(=O)N(CCc3ccccc3)C2c2ccc([N+](=O)[O-])cc2)c1. The van der Waals surface area contributed by atoms with Crippen molar-refractivity contribution in [3.63, 3.8) is 0 Å². The van der Waals surface area contributed by atoms with Crippen molar-refractivity contribution in [2.24, 2.45) is 0 Å². The zero-order valence-electron chi connectivity index (χ0n) is 18.9. The zero-order valence-corrected chi connectivity index (χ0v) is 18.9. The third kappa shape index (κ3) is 4.32. The van der Waals surface area contributed by atoms with Gasteiger partial charge in [-0.25, -0.2) is 0 Å². The number of benzene rings is 3. The number of likely N-dealkylation sites (tertiary alicyclic amines) is 1. The first-order valence-electron chi connectivity index (χ1n) is 10.9. The molecule has 1 heterocycles. The van der Waals surface area contributed by atoms with Gasteiger partial charge in [0.05, 0.1) is 16.5 Å². The monoisotopic (exact) mass is 456 g/mol. The van der Waals surface area contributed by atoms with E-state index in [1.807, 2.05) is 56.3 Å². The number of carbonyl (C=O) groups excluding carboxylic acids is 2. The molecule has 7 heteroatoms. The van der Waals surface area contributed by atoms with Crippen molar-refractivity contribution < 1.29 is 19.6 Å². The minimum atomic E-state index is -0.857. The number of aliphatic hydroxyl groups is 1. The maximum atomic E-state index is 13.2. The lowest BCUT2D eigenvalue weighted by Gasteiger charge is -2.25. The Morgan fingerprint density at radius 1 is 1.00 bits per heavy atom. The highest BCUT2D eigenvalue weighted by Crippen LogP contribution is 2.40. The number of aliphatic hydroxyl groups excluding tert-OH is 1. The van der Waals surface area contributed by atoms with Gasteiger partial charge in [0.2, 0.25) is 0 Å². The summed E-state index contributed by atoms with van der Waals surface area (Å²) in [6.45, 7) is 3.95. The molecular weight excluding hydrogens is 432 g/mol. The van der Waals surface area contributed by atoms with Crippen LogP contribution in [0.5, 0.6) is 0 Å². The normalized spacial score (nSPS) is 17.2. The highest BCUT2D eigenvalue weighted by molar-refractivity contribution is 6.46. The number of nitro groups is 1. The average molecular weight is 456 g/mol. The van der Waals surface area contributed by atoms with Crippen LogP contribution in [0.25, 0.3) is 5.76 Å². The van der Waals surface area contributed by atoms with Gasteiger partial charge in [0.1, 0.15) is 5.76 Å². The Bertz CT molecular complexity index is 1300. The van der Waals surface area contributed by atoms with Crippen LogP contribution in [0.4, 0.5) is 5.69 Å². The lowest BCUT2D eigenvalue weighted by molar-refractivity contribution is -0.384. The maximum Gasteiger partial charge on any atom is 0.295 e. The van der Waals surface area contributed by atoms with E-state index < -0.39 is 22.7 Å². The molecule has 1 unspecified atom stereocenters. The Kier molecular flexibility index (Phi) is 6.27. The summed E-state index contributed by atoms with van der Waals surface area (Å²) in [5.74, 6) is -1.72. The molecule has 172 valence electrons. The van der Waals surface area contributed by atoms with Crippen molar-refractivity contribution in [3.8, 4) is 0 Å². The first kappa shape index (κ1) is 22.9. The number of rotatable bonds is 6. The first-order valence-corrected chi connectivity index (χ1v) is 10.9. The summed E-state index contributed by atoms with van der Waals surface area (Å²) < 4.78 is 0. The summed E-state index contributed by atoms with van der Waals surface area (Å²) in [7, 11) is 0.